The molecule has 0 heterocycles. The lowest BCUT2D eigenvalue weighted by Gasteiger charge is -2.37. The van der Waals surface area contributed by atoms with Gasteiger partial charge < -0.3 is 4.90 Å². The van der Waals surface area contributed by atoms with Crippen molar-refractivity contribution < 1.29 is 0 Å². The van der Waals surface area contributed by atoms with Gasteiger partial charge in [-0.25, -0.2) is 0 Å². The number of alkyl halides is 1. The van der Waals surface area contributed by atoms with Crippen LogP contribution in [0.15, 0.2) is 0 Å². The zero-order valence-corrected chi connectivity index (χ0v) is 11.9. The summed E-state index contributed by atoms with van der Waals surface area (Å²) in [6, 6.07) is 0.927. The lowest BCUT2D eigenvalue weighted by atomic mass is 9.91. The molecular formula is C13H26BrN. The Balaban J connectivity index is 2.16. The van der Waals surface area contributed by atoms with Crippen LogP contribution < -0.4 is 0 Å². The summed E-state index contributed by atoms with van der Waals surface area (Å²) in [7, 11) is 0. The summed E-state index contributed by atoms with van der Waals surface area (Å²) in [5, 5.41) is 1.15. The van der Waals surface area contributed by atoms with Crippen LogP contribution in [0.2, 0.25) is 0 Å². The third-order valence-electron chi connectivity index (χ3n) is 3.40. The van der Waals surface area contributed by atoms with E-state index in [0.29, 0.717) is 0 Å². The van der Waals surface area contributed by atoms with Crippen LogP contribution in [0, 0.1) is 5.92 Å². The molecule has 90 valence electrons. The highest BCUT2D eigenvalue weighted by Crippen LogP contribution is 2.25. The standard InChI is InChI=1S/C13H26BrN/c1-12(2)6-4-10-15(11-5-9-14)13-7-3-8-13/h12-13H,3-11H2,1-2H3. The second-order valence-corrected chi connectivity index (χ2v) is 5.99. The highest BCUT2D eigenvalue weighted by molar-refractivity contribution is 9.09. The summed E-state index contributed by atoms with van der Waals surface area (Å²) < 4.78 is 0. The van der Waals surface area contributed by atoms with Gasteiger partial charge in [-0.3, -0.25) is 0 Å². The van der Waals surface area contributed by atoms with Crippen LogP contribution in [-0.4, -0.2) is 29.4 Å². The first-order valence-electron chi connectivity index (χ1n) is 6.54. The van der Waals surface area contributed by atoms with Gasteiger partial charge in [-0.05, 0) is 51.1 Å². The summed E-state index contributed by atoms with van der Waals surface area (Å²) >= 11 is 3.53. The van der Waals surface area contributed by atoms with Gasteiger partial charge in [0.05, 0.1) is 0 Å². The van der Waals surface area contributed by atoms with Crippen molar-refractivity contribution in [3.05, 3.63) is 0 Å². The van der Waals surface area contributed by atoms with E-state index in [1.807, 2.05) is 0 Å². The molecule has 1 saturated carbocycles. The van der Waals surface area contributed by atoms with E-state index in [1.165, 1.54) is 51.6 Å². The molecule has 0 aromatic carbocycles. The monoisotopic (exact) mass is 275 g/mol. The summed E-state index contributed by atoms with van der Waals surface area (Å²) in [5.41, 5.74) is 0. The predicted molar refractivity (Wildman–Crippen MR) is 71.7 cm³/mol. The molecule has 1 fully saturated rings. The van der Waals surface area contributed by atoms with Gasteiger partial charge in [-0.2, -0.15) is 0 Å². The van der Waals surface area contributed by atoms with Crippen molar-refractivity contribution in [1.29, 1.82) is 0 Å². The van der Waals surface area contributed by atoms with Gasteiger partial charge in [0.2, 0.25) is 0 Å². The minimum Gasteiger partial charge on any atom is -0.300 e. The lowest BCUT2D eigenvalue weighted by Crippen LogP contribution is -2.41. The number of halogens is 1. The molecule has 0 saturated heterocycles. The van der Waals surface area contributed by atoms with Crippen LogP contribution in [0.4, 0.5) is 0 Å². The smallest absolute Gasteiger partial charge is 0.00952 e. The predicted octanol–water partition coefficient (Wildman–Crippen LogP) is 4.06. The van der Waals surface area contributed by atoms with E-state index in [9.17, 15) is 0 Å². The normalized spacial score (nSPS) is 17.4. The average molecular weight is 276 g/mol. The second kappa shape index (κ2) is 7.67. The van der Waals surface area contributed by atoms with Crippen LogP contribution in [0.3, 0.4) is 0 Å². The zero-order chi connectivity index (χ0) is 11.1. The largest absolute Gasteiger partial charge is 0.300 e. The molecule has 0 aliphatic heterocycles. The minimum absolute atomic E-state index is 0.865. The van der Waals surface area contributed by atoms with Crippen molar-refractivity contribution in [1.82, 2.24) is 4.90 Å². The van der Waals surface area contributed by atoms with Gasteiger partial charge in [-0.15, -0.1) is 0 Å². The molecule has 1 rings (SSSR count). The fourth-order valence-electron chi connectivity index (χ4n) is 2.19. The topological polar surface area (TPSA) is 3.24 Å². The fourth-order valence-corrected chi connectivity index (χ4v) is 2.45. The number of hydrogen-bond donors (Lipinski definition) is 0. The van der Waals surface area contributed by atoms with Crippen LogP contribution in [0.1, 0.15) is 52.4 Å². The Morgan fingerprint density at radius 1 is 1.20 bits per heavy atom. The third kappa shape index (κ3) is 5.35. The quantitative estimate of drug-likeness (QED) is 0.604. The van der Waals surface area contributed by atoms with E-state index in [2.05, 4.69) is 34.7 Å². The Kier molecular flexibility index (Phi) is 6.91. The minimum atomic E-state index is 0.865. The van der Waals surface area contributed by atoms with Crippen molar-refractivity contribution in [2.45, 2.75) is 58.4 Å². The molecule has 0 unspecified atom stereocenters. The van der Waals surface area contributed by atoms with Crippen molar-refractivity contribution in [2.75, 3.05) is 18.4 Å². The molecule has 15 heavy (non-hydrogen) atoms. The maximum absolute atomic E-state index is 3.53. The highest BCUT2D eigenvalue weighted by atomic mass is 79.9. The zero-order valence-electron chi connectivity index (χ0n) is 10.3. The van der Waals surface area contributed by atoms with Crippen molar-refractivity contribution in [3.63, 3.8) is 0 Å². The molecule has 1 aliphatic rings. The van der Waals surface area contributed by atoms with Crippen molar-refractivity contribution in [3.8, 4) is 0 Å². The highest BCUT2D eigenvalue weighted by Gasteiger charge is 2.23. The van der Waals surface area contributed by atoms with Gasteiger partial charge >= 0.3 is 0 Å². The molecule has 0 atom stereocenters. The molecular weight excluding hydrogens is 250 g/mol. The Bertz CT molecular complexity index is 155. The summed E-state index contributed by atoms with van der Waals surface area (Å²) in [5.74, 6) is 0.865. The third-order valence-corrected chi connectivity index (χ3v) is 3.96. The average Bonchev–Trinajstić information content (AvgIpc) is 2.10. The van der Waals surface area contributed by atoms with Gasteiger partial charge in [0.1, 0.15) is 0 Å². The van der Waals surface area contributed by atoms with E-state index in [-0.39, 0.29) is 0 Å². The molecule has 0 spiro atoms. The number of hydrogen-bond acceptors (Lipinski definition) is 1. The Hall–Kier alpha value is 0.440. The van der Waals surface area contributed by atoms with Crippen LogP contribution in [0.25, 0.3) is 0 Å². The molecule has 0 radical (unpaired) electrons. The summed E-state index contributed by atoms with van der Waals surface area (Å²) in [6.45, 7) is 7.28. The first-order valence-corrected chi connectivity index (χ1v) is 7.66. The van der Waals surface area contributed by atoms with Crippen molar-refractivity contribution in [2.24, 2.45) is 5.92 Å². The molecule has 0 N–H and O–H groups in total. The van der Waals surface area contributed by atoms with Gasteiger partial charge in [0, 0.05) is 11.4 Å². The maximum atomic E-state index is 3.53. The van der Waals surface area contributed by atoms with E-state index in [4.69, 9.17) is 0 Å². The van der Waals surface area contributed by atoms with E-state index >= 15 is 0 Å². The Morgan fingerprint density at radius 2 is 1.87 bits per heavy atom. The SMILES string of the molecule is CC(C)CCCN(CCCBr)C1CCC1. The number of rotatable bonds is 8. The molecule has 0 amide bonds. The summed E-state index contributed by atoms with van der Waals surface area (Å²) in [4.78, 5) is 2.73. The molecule has 0 aromatic rings. The molecule has 1 nitrogen and oxygen atoms in total. The Labute approximate surface area is 104 Å². The van der Waals surface area contributed by atoms with Gasteiger partial charge in [0.25, 0.3) is 0 Å². The van der Waals surface area contributed by atoms with Crippen LogP contribution >= 0.6 is 15.9 Å². The first-order chi connectivity index (χ1) is 7.24. The van der Waals surface area contributed by atoms with Crippen LogP contribution in [-0.2, 0) is 0 Å². The maximum Gasteiger partial charge on any atom is 0.00952 e. The van der Waals surface area contributed by atoms with E-state index < -0.39 is 0 Å². The van der Waals surface area contributed by atoms with Crippen LogP contribution in [0.5, 0.6) is 0 Å². The van der Waals surface area contributed by atoms with E-state index in [0.717, 1.165) is 17.3 Å². The molecule has 2 heteroatoms. The van der Waals surface area contributed by atoms with Gasteiger partial charge in [-0.1, -0.05) is 36.2 Å². The lowest BCUT2D eigenvalue weighted by molar-refractivity contribution is 0.124. The summed E-state index contributed by atoms with van der Waals surface area (Å²) in [6.07, 6.45) is 8.43. The first kappa shape index (κ1) is 13.5. The molecule has 0 aromatic heterocycles. The molecule has 1 aliphatic carbocycles. The Morgan fingerprint density at radius 3 is 2.33 bits per heavy atom. The second-order valence-electron chi connectivity index (χ2n) is 5.20. The number of nitrogens with zero attached hydrogens (tertiary/aromatic N) is 1. The fraction of sp³-hybridized carbons (Fsp3) is 1.00. The van der Waals surface area contributed by atoms with Gasteiger partial charge in [0.15, 0.2) is 0 Å². The molecule has 0 bridgehead atoms. The van der Waals surface area contributed by atoms with E-state index in [1.54, 1.807) is 0 Å². The van der Waals surface area contributed by atoms with Crippen molar-refractivity contribution >= 4 is 15.9 Å².